The SMILES string of the molecule is CCN1CCC(CNC(=O)C2(N)C3CCCOC3C2(C)C)C1. The molecular formula is C17H31N3O2. The number of likely N-dealkylation sites (tertiary alicyclic amines) is 1. The average molecular weight is 309 g/mol. The Labute approximate surface area is 133 Å². The van der Waals surface area contributed by atoms with Crippen LogP contribution in [0.3, 0.4) is 0 Å². The first kappa shape index (κ1) is 16.2. The molecule has 0 spiro atoms. The van der Waals surface area contributed by atoms with Crippen molar-refractivity contribution < 1.29 is 9.53 Å². The van der Waals surface area contributed by atoms with Gasteiger partial charge in [-0.05, 0) is 38.3 Å². The van der Waals surface area contributed by atoms with Gasteiger partial charge in [-0.3, -0.25) is 4.79 Å². The van der Waals surface area contributed by atoms with Crippen LogP contribution in [-0.2, 0) is 9.53 Å². The van der Waals surface area contributed by atoms with E-state index in [1.807, 2.05) is 0 Å². The summed E-state index contributed by atoms with van der Waals surface area (Å²) >= 11 is 0. The average Bonchev–Trinajstić information content (AvgIpc) is 2.99. The summed E-state index contributed by atoms with van der Waals surface area (Å²) in [5, 5.41) is 3.15. The standard InChI is InChI=1S/C17H31N3O2/c1-4-20-8-7-12(11-20)10-19-15(21)17(18)13-6-5-9-22-14(13)16(17,2)3/h12-14H,4-11,18H2,1-3H3,(H,19,21). The maximum absolute atomic E-state index is 12.8. The zero-order valence-electron chi connectivity index (χ0n) is 14.2. The molecular weight excluding hydrogens is 278 g/mol. The highest BCUT2D eigenvalue weighted by molar-refractivity contribution is 5.89. The van der Waals surface area contributed by atoms with Crippen molar-refractivity contribution in [2.45, 2.75) is 51.7 Å². The van der Waals surface area contributed by atoms with E-state index in [1.165, 1.54) is 6.42 Å². The van der Waals surface area contributed by atoms with Crippen LogP contribution < -0.4 is 11.1 Å². The van der Waals surface area contributed by atoms with Crippen LogP contribution >= 0.6 is 0 Å². The first-order valence-electron chi connectivity index (χ1n) is 8.82. The molecule has 1 saturated carbocycles. The third-order valence-electron chi connectivity index (χ3n) is 6.43. The van der Waals surface area contributed by atoms with Crippen LogP contribution in [0.1, 0.15) is 40.0 Å². The first-order chi connectivity index (χ1) is 10.4. The van der Waals surface area contributed by atoms with E-state index in [1.54, 1.807) is 0 Å². The van der Waals surface area contributed by atoms with Gasteiger partial charge in [0.1, 0.15) is 5.54 Å². The van der Waals surface area contributed by atoms with Gasteiger partial charge in [-0.25, -0.2) is 0 Å². The molecule has 126 valence electrons. The highest BCUT2D eigenvalue weighted by atomic mass is 16.5. The number of fused-ring (bicyclic) bond motifs is 1. The number of nitrogens with two attached hydrogens (primary N) is 1. The number of ether oxygens (including phenoxy) is 1. The molecule has 0 radical (unpaired) electrons. The summed E-state index contributed by atoms with van der Waals surface area (Å²) in [6, 6.07) is 0. The van der Waals surface area contributed by atoms with E-state index in [4.69, 9.17) is 10.5 Å². The van der Waals surface area contributed by atoms with Crippen molar-refractivity contribution in [3.05, 3.63) is 0 Å². The maximum Gasteiger partial charge on any atom is 0.241 e. The van der Waals surface area contributed by atoms with Gasteiger partial charge in [0.15, 0.2) is 0 Å². The van der Waals surface area contributed by atoms with Gasteiger partial charge in [0.25, 0.3) is 0 Å². The number of nitrogens with zero attached hydrogens (tertiary/aromatic N) is 1. The molecule has 5 nitrogen and oxygen atoms in total. The smallest absolute Gasteiger partial charge is 0.241 e. The minimum Gasteiger partial charge on any atom is -0.377 e. The van der Waals surface area contributed by atoms with Crippen molar-refractivity contribution >= 4 is 5.91 Å². The monoisotopic (exact) mass is 309 g/mol. The lowest BCUT2D eigenvalue weighted by atomic mass is 9.46. The normalized spacial score (nSPS) is 40.8. The molecule has 3 aliphatic rings. The van der Waals surface area contributed by atoms with E-state index in [2.05, 4.69) is 31.0 Å². The number of amides is 1. The molecule has 3 N–H and O–H groups in total. The minimum atomic E-state index is -0.777. The lowest BCUT2D eigenvalue weighted by Gasteiger charge is -2.65. The summed E-state index contributed by atoms with van der Waals surface area (Å²) < 4.78 is 5.88. The van der Waals surface area contributed by atoms with Crippen LogP contribution in [0.25, 0.3) is 0 Å². The largest absolute Gasteiger partial charge is 0.377 e. The molecule has 4 unspecified atom stereocenters. The molecule has 22 heavy (non-hydrogen) atoms. The number of nitrogens with one attached hydrogen (secondary N) is 1. The van der Waals surface area contributed by atoms with Crippen LogP contribution in [0.15, 0.2) is 0 Å². The van der Waals surface area contributed by atoms with Gasteiger partial charge in [-0.1, -0.05) is 20.8 Å². The Morgan fingerprint density at radius 1 is 1.41 bits per heavy atom. The predicted molar refractivity (Wildman–Crippen MR) is 86.4 cm³/mol. The van der Waals surface area contributed by atoms with Crippen molar-refractivity contribution in [1.82, 2.24) is 10.2 Å². The van der Waals surface area contributed by atoms with Gasteiger partial charge in [-0.15, -0.1) is 0 Å². The third kappa shape index (κ3) is 2.29. The topological polar surface area (TPSA) is 67.6 Å². The highest BCUT2D eigenvalue weighted by Gasteiger charge is 2.70. The van der Waals surface area contributed by atoms with Crippen molar-refractivity contribution in [2.24, 2.45) is 23.0 Å². The molecule has 0 aromatic heterocycles. The van der Waals surface area contributed by atoms with E-state index in [-0.39, 0.29) is 23.3 Å². The Hall–Kier alpha value is -0.650. The second kappa shape index (κ2) is 5.77. The van der Waals surface area contributed by atoms with E-state index in [9.17, 15) is 4.79 Å². The lowest BCUT2D eigenvalue weighted by molar-refractivity contribution is -0.225. The molecule has 1 amide bonds. The number of hydrogen-bond donors (Lipinski definition) is 2. The van der Waals surface area contributed by atoms with E-state index in [0.29, 0.717) is 5.92 Å². The molecule has 4 atom stereocenters. The van der Waals surface area contributed by atoms with Crippen LogP contribution in [0.4, 0.5) is 0 Å². The van der Waals surface area contributed by atoms with Gasteiger partial charge >= 0.3 is 0 Å². The Kier molecular flexibility index (Phi) is 4.25. The number of carbonyl (C=O) groups is 1. The summed E-state index contributed by atoms with van der Waals surface area (Å²) in [6.45, 7) is 11.2. The van der Waals surface area contributed by atoms with Crippen LogP contribution in [0, 0.1) is 17.3 Å². The zero-order valence-corrected chi connectivity index (χ0v) is 14.2. The molecule has 3 fully saturated rings. The van der Waals surface area contributed by atoms with Gasteiger partial charge < -0.3 is 20.7 Å². The molecule has 1 aliphatic carbocycles. The Bertz CT molecular complexity index is 440. The second-order valence-electron chi connectivity index (χ2n) is 7.89. The summed E-state index contributed by atoms with van der Waals surface area (Å²) in [5.74, 6) is 0.764. The molecule has 0 aromatic rings. The number of carbonyl (C=O) groups excluding carboxylic acids is 1. The van der Waals surface area contributed by atoms with Gasteiger partial charge in [0.2, 0.25) is 5.91 Å². The molecule has 0 bridgehead atoms. The number of hydrogen-bond acceptors (Lipinski definition) is 4. The van der Waals surface area contributed by atoms with Crippen molar-refractivity contribution in [1.29, 1.82) is 0 Å². The summed E-state index contributed by atoms with van der Waals surface area (Å²) in [6.07, 6.45) is 3.33. The predicted octanol–water partition coefficient (Wildman–Crippen LogP) is 0.977. The molecule has 0 aromatic carbocycles. The van der Waals surface area contributed by atoms with Crippen LogP contribution in [0.5, 0.6) is 0 Å². The summed E-state index contributed by atoms with van der Waals surface area (Å²) in [5.41, 5.74) is 5.55. The maximum atomic E-state index is 12.8. The Balaban J connectivity index is 1.59. The van der Waals surface area contributed by atoms with E-state index in [0.717, 1.165) is 45.6 Å². The van der Waals surface area contributed by atoms with Gasteiger partial charge in [-0.2, -0.15) is 0 Å². The fourth-order valence-electron chi connectivity index (χ4n) is 4.79. The summed E-state index contributed by atoms with van der Waals surface area (Å²) in [4.78, 5) is 15.3. The van der Waals surface area contributed by atoms with E-state index >= 15 is 0 Å². The highest BCUT2D eigenvalue weighted by Crippen LogP contribution is 2.57. The molecule has 2 aliphatic heterocycles. The molecule has 3 rings (SSSR count). The van der Waals surface area contributed by atoms with Crippen molar-refractivity contribution in [3.63, 3.8) is 0 Å². The fourth-order valence-corrected chi connectivity index (χ4v) is 4.79. The quantitative estimate of drug-likeness (QED) is 0.812. The first-order valence-corrected chi connectivity index (χ1v) is 8.82. The third-order valence-corrected chi connectivity index (χ3v) is 6.43. The van der Waals surface area contributed by atoms with Gasteiger partial charge in [0, 0.05) is 31.0 Å². The molecule has 2 heterocycles. The van der Waals surface area contributed by atoms with Crippen LogP contribution in [0.2, 0.25) is 0 Å². The van der Waals surface area contributed by atoms with Crippen molar-refractivity contribution in [2.75, 3.05) is 32.8 Å². The molecule has 2 saturated heterocycles. The Morgan fingerprint density at radius 3 is 2.86 bits per heavy atom. The van der Waals surface area contributed by atoms with Crippen LogP contribution in [-0.4, -0.2) is 55.2 Å². The lowest BCUT2D eigenvalue weighted by Crippen LogP contribution is -2.82. The zero-order chi connectivity index (χ0) is 16.0. The second-order valence-corrected chi connectivity index (χ2v) is 7.89. The molecule has 5 heteroatoms. The minimum absolute atomic E-state index is 0.0270. The summed E-state index contributed by atoms with van der Waals surface area (Å²) in [7, 11) is 0. The fraction of sp³-hybridized carbons (Fsp3) is 0.941. The van der Waals surface area contributed by atoms with E-state index < -0.39 is 5.54 Å². The number of rotatable bonds is 4. The van der Waals surface area contributed by atoms with Crippen molar-refractivity contribution in [3.8, 4) is 0 Å². The Morgan fingerprint density at radius 2 is 2.18 bits per heavy atom. The van der Waals surface area contributed by atoms with Gasteiger partial charge in [0.05, 0.1) is 6.10 Å².